The van der Waals surface area contributed by atoms with E-state index < -0.39 is 5.91 Å². The molecule has 1 aromatic heterocycles. The van der Waals surface area contributed by atoms with E-state index in [9.17, 15) is 4.79 Å². The van der Waals surface area contributed by atoms with Gasteiger partial charge in [0.1, 0.15) is 12.2 Å². The zero-order chi connectivity index (χ0) is 24.2. The summed E-state index contributed by atoms with van der Waals surface area (Å²) in [6.45, 7) is 2.49. The molecule has 0 fully saturated rings. The van der Waals surface area contributed by atoms with Crippen molar-refractivity contribution in [2.45, 2.75) is 13.5 Å². The first-order chi connectivity index (χ1) is 17.1. The van der Waals surface area contributed by atoms with Crippen molar-refractivity contribution in [3.8, 4) is 11.5 Å². The number of hydrogen-bond acceptors (Lipinski definition) is 5. The number of benzene rings is 4. The van der Waals surface area contributed by atoms with Crippen LogP contribution in [-0.4, -0.2) is 19.2 Å². The van der Waals surface area contributed by atoms with Gasteiger partial charge in [0, 0.05) is 5.39 Å². The summed E-state index contributed by atoms with van der Waals surface area (Å²) in [6.07, 6.45) is 1.54. The van der Waals surface area contributed by atoms with Gasteiger partial charge in [-0.25, -0.2) is 5.43 Å². The van der Waals surface area contributed by atoms with Gasteiger partial charge in [-0.15, -0.1) is 0 Å². The third kappa shape index (κ3) is 4.87. The molecule has 0 atom stereocenters. The number of carbonyl (C=O) groups excluding carboxylic acids is 1. The Balaban J connectivity index is 1.26. The molecule has 0 spiro atoms. The minimum absolute atomic E-state index is 0.200. The number of rotatable bonds is 7. The van der Waals surface area contributed by atoms with Crippen molar-refractivity contribution in [2.24, 2.45) is 5.10 Å². The highest BCUT2D eigenvalue weighted by Crippen LogP contribution is 2.29. The van der Waals surface area contributed by atoms with Gasteiger partial charge in [-0.3, -0.25) is 4.79 Å². The fraction of sp³-hybridized carbons (Fsp3) is 0.103. The highest BCUT2D eigenvalue weighted by atomic mass is 16.5. The number of hydrazone groups is 1. The molecular weight excluding hydrogens is 440 g/mol. The molecule has 0 saturated carbocycles. The second-order valence-electron chi connectivity index (χ2n) is 8.20. The van der Waals surface area contributed by atoms with E-state index in [0.717, 1.165) is 27.3 Å². The van der Waals surface area contributed by atoms with Crippen LogP contribution in [0.5, 0.6) is 11.5 Å². The second kappa shape index (κ2) is 9.73. The predicted octanol–water partition coefficient (Wildman–Crippen LogP) is 6.25. The van der Waals surface area contributed by atoms with Crippen molar-refractivity contribution in [3.63, 3.8) is 0 Å². The molecule has 0 aliphatic carbocycles. The van der Waals surface area contributed by atoms with Crippen LogP contribution in [0, 0.1) is 6.92 Å². The van der Waals surface area contributed by atoms with Crippen LogP contribution in [-0.2, 0) is 6.61 Å². The monoisotopic (exact) mass is 464 g/mol. The van der Waals surface area contributed by atoms with Gasteiger partial charge in [0.15, 0.2) is 17.3 Å². The van der Waals surface area contributed by atoms with E-state index in [1.807, 2.05) is 73.7 Å². The van der Waals surface area contributed by atoms with Crippen LogP contribution >= 0.6 is 0 Å². The molecule has 6 nitrogen and oxygen atoms in total. The van der Waals surface area contributed by atoms with E-state index in [1.54, 1.807) is 25.5 Å². The van der Waals surface area contributed by atoms with Gasteiger partial charge in [0.2, 0.25) is 0 Å². The van der Waals surface area contributed by atoms with Crippen molar-refractivity contribution in [1.82, 2.24) is 5.43 Å². The summed E-state index contributed by atoms with van der Waals surface area (Å²) >= 11 is 0. The Morgan fingerprint density at radius 1 is 0.943 bits per heavy atom. The zero-order valence-electron chi connectivity index (χ0n) is 19.4. The number of nitrogens with zero attached hydrogens (tertiary/aromatic N) is 1. The van der Waals surface area contributed by atoms with Crippen LogP contribution in [0.4, 0.5) is 0 Å². The normalized spacial score (nSPS) is 11.3. The van der Waals surface area contributed by atoms with Crippen molar-refractivity contribution in [1.29, 1.82) is 0 Å². The summed E-state index contributed by atoms with van der Waals surface area (Å²) in [7, 11) is 1.59. The van der Waals surface area contributed by atoms with E-state index >= 15 is 0 Å². The van der Waals surface area contributed by atoms with Crippen molar-refractivity contribution in [2.75, 3.05) is 7.11 Å². The molecule has 4 aromatic carbocycles. The minimum atomic E-state index is -0.424. The number of furan rings is 1. The predicted molar refractivity (Wildman–Crippen MR) is 137 cm³/mol. The molecule has 0 radical (unpaired) electrons. The Labute approximate surface area is 202 Å². The molecular formula is C29H24N2O4. The van der Waals surface area contributed by atoms with E-state index in [0.29, 0.717) is 23.7 Å². The molecule has 6 heteroatoms. The molecule has 0 saturated heterocycles. The number of nitrogens with one attached hydrogen (secondary N) is 1. The topological polar surface area (TPSA) is 73.1 Å². The summed E-state index contributed by atoms with van der Waals surface area (Å²) in [6, 6.07) is 27.2. The van der Waals surface area contributed by atoms with Gasteiger partial charge in [0.05, 0.1) is 13.3 Å². The maximum atomic E-state index is 12.6. The largest absolute Gasteiger partial charge is 0.493 e. The average Bonchev–Trinajstić information content (AvgIpc) is 3.33. The molecule has 0 unspecified atom stereocenters. The quantitative estimate of drug-likeness (QED) is 0.228. The molecule has 0 bridgehead atoms. The lowest BCUT2D eigenvalue weighted by atomic mass is 10.1. The van der Waals surface area contributed by atoms with Crippen LogP contribution in [0.1, 0.15) is 27.2 Å². The summed E-state index contributed by atoms with van der Waals surface area (Å²) < 4.78 is 17.1. The average molecular weight is 465 g/mol. The molecule has 0 aliphatic rings. The fourth-order valence-corrected chi connectivity index (χ4v) is 3.97. The van der Waals surface area contributed by atoms with Crippen LogP contribution < -0.4 is 14.9 Å². The first-order valence-electron chi connectivity index (χ1n) is 11.2. The van der Waals surface area contributed by atoms with Crippen LogP contribution in [0.3, 0.4) is 0 Å². The summed E-state index contributed by atoms with van der Waals surface area (Å²) in [5, 5.41) is 7.09. The van der Waals surface area contributed by atoms with E-state index in [1.165, 1.54) is 5.56 Å². The number of methoxy groups -OCH3 is 1. The summed E-state index contributed by atoms with van der Waals surface area (Å²) in [4.78, 5) is 12.6. The van der Waals surface area contributed by atoms with Crippen molar-refractivity contribution in [3.05, 3.63) is 107 Å². The Hall–Kier alpha value is -4.58. The Morgan fingerprint density at radius 2 is 1.83 bits per heavy atom. The number of aryl methyl sites for hydroxylation is 1. The lowest BCUT2D eigenvalue weighted by molar-refractivity contribution is 0.0929. The van der Waals surface area contributed by atoms with Crippen molar-refractivity contribution >= 4 is 33.9 Å². The van der Waals surface area contributed by atoms with Gasteiger partial charge in [-0.2, -0.15) is 5.10 Å². The van der Waals surface area contributed by atoms with Crippen LogP contribution in [0.2, 0.25) is 0 Å². The van der Waals surface area contributed by atoms with E-state index in [4.69, 9.17) is 13.9 Å². The third-order valence-corrected chi connectivity index (χ3v) is 5.69. The Bertz CT molecular complexity index is 1550. The molecule has 5 aromatic rings. The lowest BCUT2D eigenvalue weighted by Gasteiger charge is -2.11. The number of hydrogen-bond donors (Lipinski definition) is 1. The maximum absolute atomic E-state index is 12.6. The smallest absolute Gasteiger partial charge is 0.307 e. The SMILES string of the molecule is COc1cc(/C=N/NC(=O)c2cc3c(ccc4ccccc43)o2)ccc1OCc1cccc(C)c1. The first kappa shape index (κ1) is 22.2. The lowest BCUT2D eigenvalue weighted by Crippen LogP contribution is -2.16. The van der Waals surface area contributed by atoms with Gasteiger partial charge in [-0.05, 0) is 59.2 Å². The number of fused-ring (bicyclic) bond motifs is 3. The van der Waals surface area contributed by atoms with Crippen LogP contribution in [0.25, 0.3) is 21.7 Å². The highest BCUT2D eigenvalue weighted by Gasteiger charge is 2.13. The van der Waals surface area contributed by atoms with E-state index in [-0.39, 0.29) is 5.76 Å². The van der Waals surface area contributed by atoms with E-state index in [2.05, 4.69) is 16.6 Å². The molecule has 1 amide bonds. The molecule has 1 N–H and O–H groups in total. The Morgan fingerprint density at radius 3 is 2.69 bits per heavy atom. The van der Waals surface area contributed by atoms with Gasteiger partial charge >= 0.3 is 5.91 Å². The van der Waals surface area contributed by atoms with Crippen LogP contribution in [0.15, 0.2) is 94.4 Å². The zero-order valence-corrected chi connectivity index (χ0v) is 19.4. The van der Waals surface area contributed by atoms with Gasteiger partial charge in [0.25, 0.3) is 0 Å². The highest BCUT2D eigenvalue weighted by molar-refractivity contribution is 6.08. The second-order valence-corrected chi connectivity index (χ2v) is 8.20. The minimum Gasteiger partial charge on any atom is -0.493 e. The molecule has 1 heterocycles. The number of ether oxygens (including phenoxy) is 2. The molecule has 35 heavy (non-hydrogen) atoms. The molecule has 5 rings (SSSR count). The Kier molecular flexibility index (Phi) is 6.18. The molecule has 0 aliphatic heterocycles. The standard InChI is InChI=1S/C29H24N2O4/c1-19-6-5-7-21(14-19)18-34-26-12-10-20(15-27(26)33-2)17-30-31-29(32)28-16-24-23-9-4-3-8-22(23)11-13-25(24)35-28/h3-17H,18H2,1-2H3,(H,31,32)/b30-17+. The fourth-order valence-electron chi connectivity index (χ4n) is 3.97. The first-order valence-corrected chi connectivity index (χ1v) is 11.2. The summed E-state index contributed by atoms with van der Waals surface area (Å²) in [5.74, 6) is 0.986. The molecule has 174 valence electrons. The summed E-state index contributed by atoms with van der Waals surface area (Å²) in [5.41, 5.74) is 6.20. The van der Waals surface area contributed by atoms with Crippen molar-refractivity contribution < 1.29 is 18.7 Å². The number of carbonyl (C=O) groups is 1. The third-order valence-electron chi connectivity index (χ3n) is 5.69. The maximum Gasteiger partial charge on any atom is 0.307 e. The van der Waals surface area contributed by atoms with Gasteiger partial charge < -0.3 is 13.9 Å². The van der Waals surface area contributed by atoms with Gasteiger partial charge in [-0.1, -0.05) is 60.2 Å². The number of amides is 1.